The molecule has 3 aromatic rings. The van der Waals surface area contributed by atoms with Crippen molar-refractivity contribution in [3.8, 4) is 0 Å². The smallest absolute Gasteiger partial charge is 0.329 e. The van der Waals surface area contributed by atoms with Crippen molar-refractivity contribution in [3.63, 3.8) is 0 Å². The van der Waals surface area contributed by atoms with E-state index in [9.17, 15) is 4.79 Å². The Bertz CT molecular complexity index is 937. The molecule has 1 aliphatic rings. The van der Waals surface area contributed by atoms with Crippen molar-refractivity contribution in [1.82, 2.24) is 9.97 Å². The number of nitrogens with zero attached hydrogens (tertiary/aromatic N) is 4. The van der Waals surface area contributed by atoms with Gasteiger partial charge in [0.1, 0.15) is 12.4 Å². The first kappa shape index (κ1) is 20.8. The van der Waals surface area contributed by atoms with Crippen LogP contribution in [-0.2, 0) is 9.53 Å². The Hall–Kier alpha value is -3.45. The summed E-state index contributed by atoms with van der Waals surface area (Å²) in [6, 6.07) is 20.3. The number of benzene rings is 2. The molecule has 4 rings (SSSR count). The van der Waals surface area contributed by atoms with E-state index < -0.39 is 5.97 Å². The molecule has 7 heteroatoms. The Morgan fingerprint density at radius 2 is 1.61 bits per heavy atom. The minimum atomic E-state index is -0.925. The molecule has 0 atom stereocenters. The number of carboxylic acids is 1. The van der Waals surface area contributed by atoms with E-state index in [0.29, 0.717) is 12.5 Å². The van der Waals surface area contributed by atoms with Gasteiger partial charge in [0.15, 0.2) is 5.82 Å². The van der Waals surface area contributed by atoms with Crippen molar-refractivity contribution in [2.75, 3.05) is 36.1 Å². The Morgan fingerprint density at radius 1 is 1.00 bits per heavy atom. The van der Waals surface area contributed by atoms with Crippen LogP contribution in [0.1, 0.15) is 12.8 Å². The maximum Gasteiger partial charge on any atom is 0.329 e. The highest BCUT2D eigenvalue weighted by Gasteiger charge is 2.22. The van der Waals surface area contributed by atoms with Gasteiger partial charge in [-0.3, -0.25) is 9.88 Å². The number of piperidine rings is 1. The molecule has 2 aromatic carbocycles. The number of hydrogen-bond donors (Lipinski definition) is 1. The third kappa shape index (κ3) is 5.38. The second kappa shape index (κ2) is 10.0. The van der Waals surface area contributed by atoms with Gasteiger partial charge in [-0.05, 0) is 43.0 Å². The summed E-state index contributed by atoms with van der Waals surface area (Å²) >= 11 is 0. The molecule has 0 spiro atoms. The normalized spacial score (nSPS) is 14.4. The number of para-hydroxylation sites is 2. The van der Waals surface area contributed by atoms with Crippen molar-refractivity contribution < 1.29 is 14.6 Å². The molecule has 31 heavy (non-hydrogen) atoms. The number of carbonyl (C=O) groups is 1. The van der Waals surface area contributed by atoms with E-state index in [4.69, 9.17) is 14.8 Å². The summed E-state index contributed by atoms with van der Waals surface area (Å²) in [5.74, 6) is 1.06. The standard InChI is InChI=1S/C24H26N4O3/c29-24(30)18-31-17-19-11-13-27(14-12-19)22-15-25-16-23(26-22)28(20-7-3-1-4-8-20)21-9-5-2-6-10-21/h1-10,15-16,19H,11-14,17-18H2,(H,29,30). The van der Waals surface area contributed by atoms with Crippen LogP contribution >= 0.6 is 0 Å². The van der Waals surface area contributed by atoms with Crippen LogP contribution in [0.4, 0.5) is 23.0 Å². The monoisotopic (exact) mass is 418 g/mol. The van der Waals surface area contributed by atoms with Gasteiger partial charge in [-0.1, -0.05) is 36.4 Å². The molecule has 0 radical (unpaired) electrons. The predicted molar refractivity (Wildman–Crippen MR) is 120 cm³/mol. The highest BCUT2D eigenvalue weighted by atomic mass is 16.5. The molecule has 1 saturated heterocycles. The van der Waals surface area contributed by atoms with Crippen LogP contribution in [0, 0.1) is 5.92 Å². The summed E-state index contributed by atoms with van der Waals surface area (Å²) in [6.07, 6.45) is 5.47. The fraction of sp³-hybridized carbons (Fsp3) is 0.292. The van der Waals surface area contributed by atoms with E-state index in [1.807, 2.05) is 36.4 Å². The zero-order chi connectivity index (χ0) is 21.5. The minimum absolute atomic E-state index is 0.234. The van der Waals surface area contributed by atoms with Gasteiger partial charge < -0.3 is 14.7 Å². The highest BCUT2D eigenvalue weighted by Crippen LogP contribution is 2.33. The van der Waals surface area contributed by atoms with Gasteiger partial charge >= 0.3 is 5.97 Å². The number of hydrogen-bond acceptors (Lipinski definition) is 6. The third-order valence-electron chi connectivity index (χ3n) is 5.38. The van der Waals surface area contributed by atoms with Crippen LogP contribution in [-0.4, -0.2) is 47.3 Å². The van der Waals surface area contributed by atoms with Crippen molar-refractivity contribution in [3.05, 3.63) is 73.1 Å². The fourth-order valence-corrected chi connectivity index (χ4v) is 3.82. The van der Waals surface area contributed by atoms with Gasteiger partial charge in [0.05, 0.1) is 19.0 Å². The number of carboxylic acid groups (broad SMARTS) is 1. The molecule has 0 amide bonds. The summed E-state index contributed by atoms with van der Waals surface area (Å²) in [7, 11) is 0. The number of aliphatic carboxylic acids is 1. The summed E-state index contributed by atoms with van der Waals surface area (Å²) in [6.45, 7) is 1.94. The Kier molecular flexibility index (Phi) is 6.74. The lowest BCUT2D eigenvalue weighted by Gasteiger charge is -2.33. The lowest BCUT2D eigenvalue weighted by Crippen LogP contribution is -2.36. The fourth-order valence-electron chi connectivity index (χ4n) is 3.82. The van der Waals surface area contributed by atoms with E-state index in [0.717, 1.165) is 48.9 Å². The number of anilines is 4. The minimum Gasteiger partial charge on any atom is -0.480 e. The summed E-state index contributed by atoms with van der Waals surface area (Å²) in [4.78, 5) is 24.4. The number of ether oxygens (including phenoxy) is 1. The Balaban J connectivity index is 1.50. The topological polar surface area (TPSA) is 78.8 Å². The van der Waals surface area contributed by atoms with Gasteiger partial charge in [-0.15, -0.1) is 0 Å². The predicted octanol–water partition coefficient (Wildman–Crippen LogP) is 4.26. The van der Waals surface area contributed by atoms with Crippen molar-refractivity contribution >= 4 is 29.0 Å². The molecule has 2 heterocycles. The first-order valence-electron chi connectivity index (χ1n) is 10.5. The molecule has 0 unspecified atom stereocenters. The van der Waals surface area contributed by atoms with Crippen LogP contribution in [0.2, 0.25) is 0 Å². The average Bonchev–Trinajstić information content (AvgIpc) is 2.81. The van der Waals surface area contributed by atoms with Crippen LogP contribution in [0.25, 0.3) is 0 Å². The van der Waals surface area contributed by atoms with Crippen LogP contribution in [0.15, 0.2) is 73.1 Å². The maximum atomic E-state index is 10.6. The molecule has 7 nitrogen and oxygen atoms in total. The second-order valence-electron chi connectivity index (χ2n) is 7.58. The van der Waals surface area contributed by atoms with Gasteiger partial charge in [-0.2, -0.15) is 0 Å². The van der Waals surface area contributed by atoms with Crippen LogP contribution in [0.3, 0.4) is 0 Å². The third-order valence-corrected chi connectivity index (χ3v) is 5.38. The molecule has 1 aliphatic heterocycles. The van der Waals surface area contributed by atoms with E-state index in [-0.39, 0.29) is 6.61 Å². The van der Waals surface area contributed by atoms with E-state index in [1.54, 1.807) is 12.4 Å². The first-order valence-corrected chi connectivity index (χ1v) is 10.5. The summed E-state index contributed by atoms with van der Waals surface area (Å²) < 4.78 is 5.27. The largest absolute Gasteiger partial charge is 0.480 e. The lowest BCUT2D eigenvalue weighted by molar-refractivity contribution is -0.142. The number of rotatable bonds is 8. The maximum absolute atomic E-state index is 10.6. The Morgan fingerprint density at radius 3 is 2.19 bits per heavy atom. The molecule has 1 N–H and O–H groups in total. The van der Waals surface area contributed by atoms with E-state index in [2.05, 4.69) is 39.0 Å². The molecular weight excluding hydrogens is 392 g/mol. The van der Waals surface area contributed by atoms with Gasteiger partial charge in [0.2, 0.25) is 0 Å². The highest BCUT2D eigenvalue weighted by molar-refractivity contribution is 5.74. The van der Waals surface area contributed by atoms with E-state index in [1.165, 1.54) is 0 Å². The second-order valence-corrected chi connectivity index (χ2v) is 7.58. The zero-order valence-electron chi connectivity index (χ0n) is 17.3. The molecule has 1 fully saturated rings. The van der Waals surface area contributed by atoms with Gasteiger partial charge in [0.25, 0.3) is 0 Å². The molecule has 0 bridgehead atoms. The molecule has 0 saturated carbocycles. The zero-order valence-corrected chi connectivity index (χ0v) is 17.3. The van der Waals surface area contributed by atoms with Gasteiger partial charge in [-0.25, -0.2) is 9.78 Å². The molecule has 160 valence electrons. The Labute approximate surface area is 181 Å². The first-order chi connectivity index (χ1) is 15.2. The van der Waals surface area contributed by atoms with Gasteiger partial charge in [0, 0.05) is 24.5 Å². The van der Waals surface area contributed by atoms with Crippen LogP contribution in [0.5, 0.6) is 0 Å². The molecule has 0 aliphatic carbocycles. The van der Waals surface area contributed by atoms with Crippen molar-refractivity contribution in [1.29, 1.82) is 0 Å². The quantitative estimate of drug-likeness (QED) is 0.585. The summed E-state index contributed by atoms with van der Waals surface area (Å²) in [5.41, 5.74) is 2.05. The van der Waals surface area contributed by atoms with Crippen LogP contribution < -0.4 is 9.80 Å². The van der Waals surface area contributed by atoms with Crippen molar-refractivity contribution in [2.45, 2.75) is 12.8 Å². The SMILES string of the molecule is O=C(O)COCC1CCN(c2cncc(N(c3ccccc3)c3ccccc3)n2)CC1. The molecular formula is C24H26N4O3. The van der Waals surface area contributed by atoms with E-state index >= 15 is 0 Å². The number of aromatic nitrogens is 2. The van der Waals surface area contributed by atoms with Crippen molar-refractivity contribution in [2.24, 2.45) is 5.92 Å². The average molecular weight is 418 g/mol. The summed E-state index contributed by atoms with van der Waals surface area (Å²) in [5, 5.41) is 8.72. The molecule has 1 aromatic heterocycles. The lowest BCUT2D eigenvalue weighted by atomic mass is 9.98.